The van der Waals surface area contributed by atoms with Gasteiger partial charge in [-0.3, -0.25) is 0 Å². The minimum atomic E-state index is 0.102. The van der Waals surface area contributed by atoms with Crippen LogP contribution in [0.25, 0.3) is 0 Å². The molecular weight excluding hydrogens is 226 g/mol. The van der Waals surface area contributed by atoms with Crippen molar-refractivity contribution in [3.05, 3.63) is 35.9 Å². The van der Waals surface area contributed by atoms with Gasteiger partial charge in [-0.15, -0.1) is 0 Å². The van der Waals surface area contributed by atoms with Gasteiger partial charge in [0.05, 0.1) is 12.1 Å². The molecule has 1 heterocycles. The van der Waals surface area contributed by atoms with Gasteiger partial charge in [-0.25, -0.2) is 4.79 Å². The number of hydrogen-bond acceptors (Lipinski definition) is 2. The number of amides is 2. The molecule has 2 N–H and O–H groups in total. The van der Waals surface area contributed by atoms with E-state index in [0.29, 0.717) is 6.54 Å². The Morgan fingerprint density at radius 2 is 2.06 bits per heavy atom. The van der Waals surface area contributed by atoms with E-state index in [2.05, 4.69) is 19.1 Å². The van der Waals surface area contributed by atoms with Crippen LogP contribution >= 0.6 is 0 Å². The monoisotopic (exact) mass is 247 g/mol. The molecule has 1 aliphatic heterocycles. The summed E-state index contributed by atoms with van der Waals surface area (Å²) in [5.41, 5.74) is 6.77. The van der Waals surface area contributed by atoms with Gasteiger partial charge in [-0.05, 0) is 25.5 Å². The first-order valence-corrected chi connectivity index (χ1v) is 6.43. The van der Waals surface area contributed by atoms with E-state index >= 15 is 0 Å². The standard InChI is InChI=1S/C14H21N3O/c1-11(12-6-4-3-5-7-12)17-10-13(8-9-15)16(2)14(17)18/h3-7,11,13H,8-10,15H2,1-2H3. The third kappa shape index (κ3) is 2.34. The van der Waals surface area contributed by atoms with Crippen LogP contribution < -0.4 is 5.73 Å². The summed E-state index contributed by atoms with van der Waals surface area (Å²) < 4.78 is 0. The average molecular weight is 247 g/mol. The Balaban J connectivity index is 2.12. The molecule has 0 saturated carbocycles. The van der Waals surface area contributed by atoms with E-state index in [1.54, 1.807) is 0 Å². The van der Waals surface area contributed by atoms with Crippen LogP contribution in [0.3, 0.4) is 0 Å². The fourth-order valence-electron chi connectivity index (χ4n) is 2.50. The number of likely N-dealkylation sites (N-methyl/N-ethyl adjacent to an activating group) is 1. The lowest BCUT2D eigenvalue weighted by Crippen LogP contribution is -2.33. The first kappa shape index (κ1) is 12.9. The molecule has 1 saturated heterocycles. The molecule has 18 heavy (non-hydrogen) atoms. The van der Waals surface area contributed by atoms with Crippen LogP contribution in [0.1, 0.15) is 24.9 Å². The molecule has 2 unspecified atom stereocenters. The fourth-order valence-corrected chi connectivity index (χ4v) is 2.50. The predicted molar refractivity (Wildman–Crippen MR) is 72.2 cm³/mol. The summed E-state index contributed by atoms with van der Waals surface area (Å²) in [6.07, 6.45) is 0.861. The second-order valence-electron chi connectivity index (χ2n) is 4.86. The molecule has 2 amide bonds. The molecule has 4 nitrogen and oxygen atoms in total. The van der Waals surface area contributed by atoms with Gasteiger partial charge in [-0.2, -0.15) is 0 Å². The van der Waals surface area contributed by atoms with E-state index in [0.717, 1.165) is 13.0 Å². The van der Waals surface area contributed by atoms with Crippen molar-refractivity contribution < 1.29 is 4.79 Å². The minimum absolute atomic E-state index is 0.102. The van der Waals surface area contributed by atoms with Crippen molar-refractivity contribution in [3.8, 4) is 0 Å². The second-order valence-corrected chi connectivity index (χ2v) is 4.86. The number of carbonyl (C=O) groups is 1. The van der Waals surface area contributed by atoms with E-state index < -0.39 is 0 Å². The van der Waals surface area contributed by atoms with E-state index in [1.165, 1.54) is 5.56 Å². The lowest BCUT2D eigenvalue weighted by Gasteiger charge is -2.24. The van der Waals surface area contributed by atoms with Crippen molar-refractivity contribution in [1.29, 1.82) is 0 Å². The zero-order valence-electron chi connectivity index (χ0n) is 11.0. The Labute approximate surface area is 108 Å². The van der Waals surface area contributed by atoms with Crippen molar-refractivity contribution in [3.63, 3.8) is 0 Å². The molecular formula is C14H21N3O. The fraction of sp³-hybridized carbons (Fsp3) is 0.500. The van der Waals surface area contributed by atoms with E-state index in [9.17, 15) is 4.79 Å². The predicted octanol–water partition coefficient (Wildman–Crippen LogP) is 1.83. The molecule has 0 spiro atoms. The van der Waals surface area contributed by atoms with Gasteiger partial charge in [0, 0.05) is 13.6 Å². The van der Waals surface area contributed by atoms with Crippen molar-refractivity contribution in [2.24, 2.45) is 5.73 Å². The van der Waals surface area contributed by atoms with Crippen LogP contribution in [0.15, 0.2) is 30.3 Å². The molecule has 0 bridgehead atoms. The Morgan fingerprint density at radius 1 is 1.39 bits per heavy atom. The quantitative estimate of drug-likeness (QED) is 0.882. The number of benzene rings is 1. The van der Waals surface area contributed by atoms with Gasteiger partial charge in [0.25, 0.3) is 0 Å². The lowest BCUT2D eigenvalue weighted by atomic mass is 10.1. The highest BCUT2D eigenvalue weighted by Crippen LogP contribution is 2.27. The minimum Gasteiger partial charge on any atom is -0.330 e. The average Bonchev–Trinajstić information content (AvgIpc) is 2.68. The van der Waals surface area contributed by atoms with Gasteiger partial charge in [0.1, 0.15) is 0 Å². The Kier molecular flexibility index (Phi) is 3.87. The van der Waals surface area contributed by atoms with Crippen molar-refractivity contribution in [2.45, 2.75) is 25.4 Å². The molecule has 98 valence electrons. The molecule has 2 rings (SSSR count). The summed E-state index contributed by atoms with van der Waals surface area (Å²) in [6.45, 7) is 3.46. The van der Waals surface area contributed by atoms with E-state index in [-0.39, 0.29) is 18.1 Å². The SMILES string of the molecule is CC(c1ccccc1)N1CC(CCN)N(C)C1=O. The summed E-state index contributed by atoms with van der Waals surface area (Å²) in [5.74, 6) is 0. The van der Waals surface area contributed by atoms with Gasteiger partial charge in [-0.1, -0.05) is 30.3 Å². The van der Waals surface area contributed by atoms with Crippen molar-refractivity contribution in [2.75, 3.05) is 20.1 Å². The summed E-state index contributed by atoms with van der Waals surface area (Å²) >= 11 is 0. The largest absolute Gasteiger partial charge is 0.330 e. The van der Waals surface area contributed by atoms with Crippen molar-refractivity contribution in [1.82, 2.24) is 9.80 Å². The molecule has 1 aromatic rings. The third-order valence-electron chi connectivity index (χ3n) is 3.75. The van der Waals surface area contributed by atoms with Crippen LogP contribution in [0, 0.1) is 0 Å². The van der Waals surface area contributed by atoms with E-state index in [4.69, 9.17) is 5.73 Å². The third-order valence-corrected chi connectivity index (χ3v) is 3.75. The van der Waals surface area contributed by atoms with Gasteiger partial charge >= 0.3 is 6.03 Å². The molecule has 0 aromatic heterocycles. The molecule has 0 radical (unpaired) electrons. The summed E-state index contributed by atoms with van der Waals surface area (Å²) in [6, 6.07) is 10.6. The Morgan fingerprint density at radius 3 is 2.67 bits per heavy atom. The first-order valence-electron chi connectivity index (χ1n) is 6.43. The Hall–Kier alpha value is -1.55. The van der Waals surface area contributed by atoms with Gasteiger partial charge in [0.15, 0.2) is 0 Å². The first-order chi connectivity index (χ1) is 8.65. The molecule has 1 aliphatic rings. The van der Waals surface area contributed by atoms with Crippen LogP contribution in [0.2, 0.25) is 0 Å². The lowest BCUT2D eigenvalue weighted by molar-refractivity contribution is 0.184. The van der Waals surface area contributed by atoms with Crippen LogP contribution in [0.5, 0.6) is 0 Å². The number of nitrogens with two attached hydrogens (primary N) is 1. The highest BCUT2D eigenvalue weighted by atomic mass is 16.2. The molecule has 1 aromatic carbocycles. The van der Waals surface area contributed by atoms with E-state index in [1.807, 2.05) is 35.0 Å². The summed E-state index contributed by atoms with van der Waals surface area (Å²) in [7, 11) is 1.86. The topological polar surface area (TPSA) is 49.6 Å². The number of nitrogens with zero attached hydrogens (tertiary/aromatic N) is 2. The highest BCUT2D eigenvalue weighted by molar-refractivity contribution is 5.77. The Bertz CT molecular complexity index is 407. The highest BCUT2D eigenvalue weighted by Gasteiger charge is 2.36. The van der Waals surface area contributed by atoms with Crippen molar-refractivity contribution >= 4 is 6.03 Å². The molecule has 1 fully saturated rings. The van der Waals surface area contributed by atoms with Crippen LogP contribution in [-0.2, 0) is 0 Å². The number of hydrogen-bond donors (Lipinski definition) is 1. The molecule has 0 aliphatic carbocycles. The zero-order valence-corrected chi connectivity index (χ0v) is 11.0. The maximum atomic E-state index is 12.2. The van der Waals surface area contributed by atoms with Crippen LogP contribution in [-0.4, -0.2) is 42.0 Å². The van der Waals surface area contributed by atoms with Gasteiger partial charge in [0.2, 0.25) is 0 Å². The maximum absolute atomic E-state index is 12.2. The smallest absolute Gasteiger partial charge is 0.320 e. The van der Waals surface area contributed by atoms with Crippen LogP contribution in [0.4, 0.5) is 4.79 Å². The maximum Gasteiger partial charge on any atom is 0.320 e. The van der Waals surface area contributed by atoms with Gasteiger partial charge < -0.3 is 15.5 Å². The summed E-state index contributed by atoms with van der Waals surface area (Å²) in [4.78, 5) is 16.0. The number of carbonyl (C=O) groups excluding carboxylic acids is 1. The number of urea groups is 1. The molecule has 4 heteroatoms. The normalized spacial score (nSPS) is 21.5. The zero-order chi connectivity index (χ0) is 13.1. The summed E-state index contributed by atoms with van der Waals surface area (Å²) in [5, 5.41) is 0. The number of rotatable bonds is 4. The second kappa shape index (κ2) is 5.40. The molecule has 2 atom stereocenters.